The van der Waals surface area contributed by atoms with Gasteiger partial charge in [0.25, 0.3) is 0 Å². The first-order valence-electron chi connectivity index (χ1n) is 6.81. The smallest absolute Gasteiger partial charge is 0.238 e. The predicted octanol–water partition coefficient (Wildman–Crippen LogP) is 2.16. The molecule has 1 aromatic carbocycles. The SMILES string of the molecule is CC(Cc1ccsc1)NCCc1ccc(S(N)(=O)=O)cc1. The van der Waals surface area contributed by atoms with Crippen molar-refractivity contribution in [3.05, 3.63) is 52.2 Å². The van der Waals surface area contributed by atoms with Gasteiger partial charge in [0.05, 0.1) is 4.90 Å². The van der Waals surface area contributed by atoms with Crippen molar-refractivity contribution in [3.8, 4) is 0 Å². The van der Waals surface area contributed by atoms with Gasteiger partial charge in [0.1, 0.15) is 0 Å². The standard InChI is InChI=1S/C15H20N2O2S2/c1-12(10-14-7-9-20-11-14)17-8-6-13-2-4-15(5-3-13)21(16,18)19/h2-5,7,9,11-12,17H,6,8,10H2,1H3,(H2,16,18,19). The normalized spacial score (nSPS) is 13.2. The van der Waals surface area contributed by atoms with Gasteiger partial charge in [-0.1, -0.05) is 12.1 Å². The number of primary sulfonamides is 1. The van der Waals surface area contributed by atoms with E-state index in [1.165, 1.54) is 5.56 Å². The number of nitrogens with one attached hydrogen (secondary N) is 1. The zero-order valence-electron chi connectivity index (χ0n) is 12.0. The lowest BCUT2D eigenvalue weighted by Gasteiger charge is -2.13. The lowest BCUT2D eigenvalue weighted by atomic mass is 10.1. The van der Waals surface area contributed by atoms with Gasteiger partial charge in [-0.05, 0) is 66.4 Å². The first-order chi connectivity index (χ1) is 9.95. The van der Waals surface area contributed by atoms with E-state index in [4.69, 9.17) is 5.14 Å². The maximum atomic E-state index is 11.2. The Kier molecular flexibility index (Phi) is 5.52. The maximum absolute atomic E-state index is 11.2. The number of hydrogen-bond acceptors (Lipinski definition) is 4. The fraction of sp³-hybridized carbons (Fsp3) is 0.333. The fourth-order valence-corrected chi connectivity index (χ4v) is 3.34. The molecular weight excluding hydrogens is 304 g/mol. The van der Waals surface area contributed by atoms with E-state index in [0.717, 1.165) is 24.9 Å². The van der Waals surface area contributed by atoms with E-state index in [0.29, 0.717) is 6.04 Å². The summed E-state index contributed by atoms with van der Waals surface area (Å²) in [7, 11) is -3.60. The molecular formula is C15H20N2O2S2. The molecule has 0 fully saturated rings. The molecule has 1 atom stereocenters. The van der Waals surface area contributed by atoms with E-state index >= 15 is 0 Å². The summed E-state index contributed by atoms with van der Waals surface area (Å²) in [6, 6.07) is 9.30. The van der Waals surface area contributed by atoms with Crippen molar-refractivity contribution < 1.29 is 8.42 Å². The van der Waals surface area contributed by atoms with Crippen LogP contribution in [0.15, 0.2) is 46.0 Å². The van der Waals surface area contributed by atoms with Crippen LogP contribution in [0.1, 0.15) is 18.1 Å². The van der Waals surface area contributed by atoms with Crippen molar-refractivity contribution in [2.24, 2.45) is 5.14 Å². The summed E-state index contributed by atoms with van der Waals surface area (Å²) < 4.78 is 22.3. The third-order valence-corrected chi connectivity index (χ3v) is 4.94. The minimum atomic E-state index is -3.60. The van der Waals surface area contributed by atoms with Crippen LogP contribution in [0.4, 0.5) is 0 Å². The molecule has 0 aliphatic heterocycles. The molecule has 0 bridgehead atoms. The zero-order valence-corrected chi connectivity index (χ0v) is 13.6. The van der Waals surface area contributed by atoms with Crippen LogP contribution < -0.4 is 10.5 Å². The molecule has 21 heavy (non-hydrogen) atoms. The van der Waals surface area contributed by atoms with E-state index in [1.54, 1.807) is 23.5 Å². The van der Waals surface area contributed by atoms with Gasteiger partial charge in [0.2, 0.25) is 10.0 Å². The van der Waals surface area contributed by atoms with Crippen molar-refractivity contribution in [1.29, 1.82) is 0 Å². The summed E-state index contributed by atoms with van der Waals surface area (Å²) in [5.41, 5.74) is 2.45. The first kappa shape index (κ1) is 16.2. The zero-order chi connectivity index (χ0) is 15.3. The van der Waals surface area contributed by atoms with Crippen LogP contribution in [-0.2, 0) is 22.9 Å². The summed E-state index contributed by atoms with van der Waals surface area (Å²) in [5.74, 6) is 0. The summed E-state index contributed by atoms with van der Waals surface area (Å²) in [4.78, 5) is 0.157. The highest BCUT2D eigenvalue weighted by Gasteiger charge is 2.07. The number of thiophene rings is 1. The minimum Gasteiger partial charge on any atom is -0.314 e. The number of rotatable bonds is 7. The Morgan fingerprint density at radius 2 is 1.90 bits per heavy atom. The van der Waals surface area contributed by atoms with Crippen LogP contribution in [0.3, 0.4) is 0 Å². The lowest BCUT2D eigenvalue weighted by Crippen LogP contribution is -2.29. The van der Waals surface area contributed by atoms with Crippen LogP contribution in [0.2, 0.25) is 0 Å². The van der Waals surface area contributed by atoms with E-state index in [2.05, 4.69) is 29.1 Å². The van der Waals surface area contributed by atoms with Crippen LogP contribution in [0.5, 0.6) is 0 Å². The van der Waals surface area contributed by atoms with Gasteiger partial charge in [-0.15, -0.1) is 0 Å². The fourth-order valence-electron chi connectivity index (χ4n) is 2.14. The van der Waals surface area contributed by atoms with Gasteiger partial charge in [0.15, 0.2) is 0 Å². The second kappa shape index (κ2) is 7.17. The van der Waals surface area contributed by atoms with E-state index < -0.39 is 10.0 Å². The topological polar surface area (TPSA) is 72.2 Å². The lowest BCUT2D eigenvalue weighted by molar-refractivity contribution is 0.549. The number of nitrogens with two attached hydrogens (primary N) is 1. The summed E-state index contributed by atoms with van der Waals surface area (Å²) in [6.07, 6.45) is 1.88. The van der Waals surface area contributed by atoms with Crippen LogP contribution in [0.25, 0.3) is 0 Å². The third kappa shape index (κ3) is 5.24. The Morgan fingerprint density at radius 1 is 1.19 bits per heavy atom. The molecule has 1 unspecified atom stereocenters. The molecule has 1 aromatic heterocycles. The monoisotopic (exact) mass is 324 g/mol. The highest BCUT2D eigenvalue weighted by atomic mass is 32.2. The molecule has 4 nitrogen and oxygen atoms in total. The molecule has 0 saturated heterocycles. The molecule has 0 amide bonds. The summed E-state index contributed by atoms with van der Waals surface area (Å²) >= 11 is 1.72. The Morgan fingerprint density at radius 3 is 2.48 bits per heavy atom. The molecule has 114 valence electrons. The molecule has 0 spiro atoms. The Labute approximate surface area is 130 Å². The van der Waals surface area contributed by atoms with E-state index in [9.17, 15) is 8.42 Å². The average Bonchev–Trinajstić information content (AvgIpc) is 2.91. The quantitative estimate of drug-likeness (QED) is 0.820. The first-order valence-corrected chi connectivity index (χ1v) is 9.30. The minimum absolute atomic E-state index is 0.157. The molecule has 0 radical (unpaired) electrons. The van der Waals surface area contributed by atoms with Crippen molar-refractivity contribution in [2.75, 3.05) is 6.54 Å². The molecule has 6 heteroatoms. The molecule has 0 saturated carbocycles. The van der Waals surface area contributed by atoms with Gasteiger partial charge < -0.3 is 5.32 Å². The van der Waals surface area contributed by atoms with Crippen molar-refractivity contribution in [3.63, 3.8) is 0 Å². The average molecular weight is 324 g/mol. The van der Waals surface area contributed by atoms with Crippen LogP contribution in [-0.4, -0.2) is 21.0 Å². The number of benzene rings is 1. The second-order valence-electron chi connectivity index (χ2n) is 5.13. The highest BCUT2D eigenvalue weighted by Crippen LogP contribution is 2.10. The largest absolute Gasteiger partial charge is 0.314 e. The van der Waals surface area contributed by atoms with Crippen molar-refractivity contribution in [2.45, 2.75) is 30.7 Å². The van der Waals surface area contributed by atoms with Gasteiger partial charge in [-0.2, -0.15) is 11.3 Å². The maximum Gasteiger partial charge on any atom is 0.238 e. The second-order valence-corrected chi connectivity index (χ2v) is 7.47. The van der Waals surface area contributed by atoms with E-state index in [1.807, 2.05) is 12.1 Å². The summed E-state index contributed by atoms with van der Waals surface area (Å²) in [5, 5.41) is 12.8. The number of hydrogen-bond donors (Lipinski definition) is 2. The van der Waals surface area contributed by atoms with Crippen LogP contribution >= 0.6 is 11.3 Å². The molecule has 1 heterocycles. The van der Waals surface area contributed by atoms with Crippen molar-refractivity contribution >= 4 is 21.4 Å². The molecule has 0 aliphatic rings. The van der Waals surface area contributed by atoms with Gasteiger partial charge in [0, 0.05) is 6.04 Å². The molecule has 2 aromatic rings. The third-order valence-electron chi connectivity index (χ3n) is 3.28. The Hall–Kier alpha value is -1.21. The Bertz CT molecular complexity index is 649. The number of sulfonamides is 1. The Balaban J connectivity index is 1.78. The van der Waals surface area contributed by atoms with E-state index in [-0.39, 0.29) is 4.90 Å². The van der Waals surface area contributed by atoms with Gasteiger partial charge in [-0.3, -0.25) is 0 Å². The van der Waals surface area contributed by atoms with Gasteiger partial charge >= 0.3 is 0 Å². The van der Waals surface area contributed by atoms with Gasteiger partial charge in [-0.25, -0.2) is 13.6 Å². The predicted molar refractivity (Wildman–Crippen MR) is 87.0 cm³/mol. The molecule has 3 N–H and O–H groups in total. The van der Waals surface area contributed by atoms with Crippen molar-refractivity contribution in [1.82, 2.24) is 5.32 Å². The van der Waals surface area contributed by atoms with Crippen LogP contribution in [0, 0.1) is 0 Å². The highest BCUT2D eigenvalue weighted by molar-refractivity contribution is 7.89. The molecule has 0 aliphatic carbocycles. The molecule has 2 rings (SSSR count). The summed E-state index contributed by atoms with van der Waals surface area (Å²) in [6.45, 7) is 3.03.